The van der Waals surface area contributed by atoms with Crippen LogP contribution in [-0.2, 0) is 28.6 Å². The number of hydrogen-bond acceptors (Lipinski definition) is 9. The second kappa shape index (κ2) is 55.6. The average molecular weight is 1100 g/mol. The van der Waals surface area contributed by atoms with E-state index in [0.717, 1.165) is 95.2 Å². The molecule has 1 rings (SSSR count). The Kier molecular flexibility index (Phi) is 52.2. The lowest BCUT2D eigenvalue weighted by Crippen LogP contribution is -2.30. The molecule has 78 heavy (non-hydrogen) atoms. The van der Waals surface area contributed by atoms with Crippen LogP contribution < -0.4 is 0 Å². The number of unbranched alkanes of at least 4 members (excludes halogenated alkanes) is 33. The second-order valence-electron chi connectivity index (χ2n) is 21.2. The maximum absolute atomic E-state index is 12.8. The van der Waals surface area contributed by atoms with Gasteiger partial charge in [0, 0.05) is 19.3 Å². The van der Waals surface area contributed by atoms with Crippen molar-refractivity contribution in [3.63, 3.8) is 0 Å². The molecule has 12 heteroatoms. The molecule has 0 aliphatic heterocycles. The largest absolute Gasteiger partial charge is 0.478 e. The summed E-state index contributed by atoms with van der Waals surface area (Å²) in [5.74, 6) is -5.09. The number of carboxylic acids is 3. The quantitative estimate of drug-likeness (QED) is 0.0242. The summed E-state index contributed by atoms with van der Waals surface area (Å²) in [6.07, 6.45) is 61.2. The van der Waals surface area contributed by atoms with Gasteiger partial charge in [0.05, 0.1) is 16.7 Å². The van der Waals surface area contributed by atoms with Crippen molar-refractivity contribution in [1.82, 2.24) is 0 Å². The van der Waals surface area contributed by atoms with E-state index in [1.165, 1.54) is 173 Å². The summed E-state index contributed by atoms with van der Waals surface area (Å²) in [6, 6.07) is 2.81. The van der Waals surface area contributed by atoms with Crippen molar-refractivity contribution in [2.24, 2.45) is 0 Å². The lowest BCUT2D eigenvalue weighted by Gasteiger charge is -2.18. The molecule has 1 aromatic carbocycles. The fourth-order valence-electron chi connectivity index (χ4n) is 8.94. The predicted molar refractivity (Wildman–Crippen MR) is 317 cm³/mol. The SMILES string of the molecule is CCCCCCCC/C=C\CCCCCCCC(=O)OCC(COC(=O)CCCCCCC/C=C\CCCCCCCC)OC(=O)CCCCCCC/C=C\CCCCCCCC.O=C(O)c1ccc(C(=O)O)c(C(=O)O)c1. The molecule has 0 unspecified atom stereocenters. The lowest BCUT2D eigenvalue weighted by molar-refractivity contribution is -0.167. The first-order valence-corrected chi connectivity index (χ1v) is 31.3. The Balaban J connectivity index is 0.00000337. The third-order valence-electron chi connectivity index (χ3n) is 13.8. The topological polar surface area (TPSA) is 191 Å². The fraction of sp³-hybridized carbons (Fsp3) is 0.727. The Hall–Kier alpha value is -4.74. The van der Waals surface area contributed by atoms with Gasteiger partial charge >= 0.3 is 35.8 Å². The Morgan fingerprint density at radius 3 is 0.936 bits per heavy atom. The summed E-state index contributed by atoms with van der Waals surface area (Å²) in [6.45, 7) is 6.63. The van der Waals surface area contributed by atoms with Crippen LogP contribution in [0.4, 0.5) is 0 Å². The number of carbonyl (C=O) groups excluding carboxylic acids is 3. The minimum Gasteiger partial charge on any atom is -0.478 e. The number of allylic oxidation sites excluding steroid dienone is 6. The second-order valence-corrected chi connectivity index (χ2v) is 21.2. The van der Waals surface area contributed by atoms with Crippen molar-refractivity contribution in [1.29, 1.82) is 0 Å². The highest BCUT2D eigenvalue weighted by atomic mass is 16.6. The molecule has 0 amide bonds. The Morgan fingerprint density at radius 1 is 0.359 bits per heavy atom. The first kappa shape index (κ1) is 73.3. The lowest BCUT2D eigenvalue weighted by atomic mass is 10.0. The van der Waals surface area contributed by atoms with Crippen molar-refractivity contribution in [3.05, 3.63) is 71.3 Å². The molecule has 0 fully saturated rings. The molecule has 0 aliphatic carbocycles. The average Bonchev–Trinajstić information content (AvgIpc) is 3.44. The number of ether oxygens (including phenoxy) is 3. The molecule has 0 saturated carbocycles. The van der Waals surface area contributed by atoms with E-state index < -0.39 is 35.1 Å². The van der Waals surface area contributed by atoms with Gasteiger partial charge in [0.1, 0.15) is 13.2 Å². The minimum absolute atomic E-state index is 0.0806. The highest BCUT2D eigenvalue weighted by Crippen LogP contribution is 2.16. The molecular formula is C66H110O12. The van der Waals surface area contributed by atoms with Gasteiger partial charge < -0.3 is 29.5 Å². The summed E-state index contributed by atoms with van der Waals surface area (Å²) in [5, 5.41) is 25.9. The predicted octanol–water partition coefficient (Wildman–Crippen LogP) is 18.9. The molecule has 0 bridgehead atoms. The summed E-state index contributed by atoms with van der Waals surface area (Å²) in [7, 11) is 0. The van der Waals surface area contributed by atoms with Gasteiger partial charge in [-0.05, 0) is 115 Å². The van der Waals surface area contributed by atoms with E-state index in [0.29, 0.717) is 19.3 Å². The van der Waals surface area contributed by atoms with Crippen LogP contribution in [0.1, 0.15) is 322 Å². The zero-order valence-electron chi connectivity index (χ0n) is 49.4. The Bertz CT molecular complexity index is 1690. The van der Waals surface area contributed by atoms with Crippen molar-refractivity contribution in [3.8, 4) is 0 Å². The van der Waals surface area contributed by atoms with Crippen LogP contribution in [0.2, 0.25) is 0 Å². The molecule has 0 heterocycles. The number of aromatic carboxylic acids is 3. The number of carbonyl (C=O) groups is 6. The Labute approximate surface area is 473 Å². The van der Waals surface area contributed by atoms with Crippen LogP contribution in [0.15, 0.2) is 54.7 Å². The van der Waals surface area contributed by atoms with E-state index in [9.17, 15) is 28.8 Å². The number of esters is 3. The van der Waals surface area contributed by atoms with E-state index in [2.05, 4.69) is 57.2 Å². The van der Waals surface area contributed by atoms with Crippen molar-refractivity contribution in [2.45, 2.75) is 297 Å². The molecule has 0 spiro atoms. The molecule has 0 radical (unpaired) electrons. The van der Waals surface area contributed by atoms with Crippen LogP contribution in [-0.4, -0.2) is 70.5 Å². The zero-order valence-corrected chi connectivity index (χ0v) is 49.4. The van der Waals surface area contributed by atoms with Gasteiger partial charge in [-0.2, -0.15) is 0 Å². The van der Waals surface area contributed by atoms with Crippen molar-refractivity contribution < 1.29 is 58.3 Å². The highest BCUT2D eigenvalue weighted by Gasteiger charge is 2.20. The summed E-state index contributed by atoms with van der Waals surface area (Å²) in [5.41, 5.74) is -1.24. The van der Waals surface area contributed by atoms with Crippen molar-refractivity contribution in [2.75, 3.05) is 13.2 Å². The third-order valence-corrected chi connectivity index (χ3v) is 13.8. The first-order chi connectivity index (χ1) is 38.0. The number of benzene rings is 1. The molecule has 0 aliphatic rings. The molecule has 12 nitrogen and oxygen atoms in total. The van der Waals surface area contributed by atoms with Gasteiger partial charge in [-0.15, -0.1) is 0 Å². The van der Waals surface area contributed by atoms with Gasteiger partial charge in [-0.3, -0.25) is 14.4 Å². The molecule has 1 aromatic rings. The molecule has 0 atom stereocenters. The van der Waals surface area contributed by atoms with Gasteiger partial charge in [0.25, 0.3) is 0 Å². The van der Waals surface area contributed by atoms with Crippen LogP contribution in [0.3, 0.4) is 0 Å². The smallest absolute Gasteiger partial charge is 0.336 e. The minimum atomic E-state index is -1.48. The van der Waals surface area contributed by atoms with E-state index in [1.54, 1.807) is 0 Å². The van der Waals surface area contributed by atoms with Crippen molar-refractivity contribution >= 4 is 35.8 Å². The van der Waals surface area contributed by atoms with Gasteiger partial charge in [-0.25, -0.2) is 14.4 Å². The van der Waals surface area contributed by atoms with E-state index >= 15 is 0 Å². The molecule has 3 N–H and O–H groups in total. The van der Waals surface area contributed by atoms with Crippen LogP contribution in [0, 0.1) is 0 Å². The summed E-state index contributed by atoms with van der Waals surface area (Å²) < 4.78 is 16.8. The fourth-order valence-corrected chi connectivity index (χ4v) is 8.94. The van der Waals surface area contributed by atoms with Gasteiger partial charge in [-0.1, -0.05) is 211 Å². The monoisotopic (exact) mass is 1090 g/mol. The number of rotatable bonds is 53. The van der Waals surface area contributed by atoms with Gasteiger partial charge in [0.15, 0.2) is 6.10 Å². The first-order valence-electron chi connectivity index (χ1n) is 31.3. The molecule has 0 aromatic heterocycles. The maximum Gasteiger partial charge on any atom is 0.336 e. The number of carboxylic acid groups (broad SMARTS) is 3. The van der Waals surface area contributed by atoms with E-state index in [4.69, 9.17) is 29.5 Å². The number of hydrogen-bond donors (Lipinski definition) is 3. The third kappa shape index (κ3) is 48.4. The van der Waals surface area contributed by atoms with E-state index in [1.807, 2.05) is 0 Å². The molecule has 446 valence electrons. The Morgan fingerprint density at radius 2 is 0.641 bits per heavy atom. The summed E-state index contributed by atoms with van der Waals surface area (Å²) >= 11 is 0. The maximum atomic E-state index is 12.8. The molecular weight excluding hydrogens is 985 g/mol. The normalized spacial score (nSPS) is 11.4. The van der Waals surface area contributed by atoms with Crippen LogP contribution >= 0.6 is 0 Å². The van der Waals surface area contributed by atoms with Gasteiger partial charge in [0.2, 0.25) is 0 Å². The molecule has 0 saturated heterocycles. The zero-order chi connectivity index (χ0) is 57.4. The van der Waals surface area contributed by atoms with Crippen LogP contribution in [0.5, 0.6) is 0 Å². The standard InChI is InChI=1S/C57H104O6.C9H6O6/c1-4-7-10-13-16-19-22-25-28-31-34-37-40-43-46-49-55(58)61-52-54(63-57(60)51-48-45-42-39-36-33-30-27-24-21-18-15-12-9-6-3)53-62-56(59)50-47-44-41-38-35-32-29-26-23-20-17-14-11-8-5-2;10-7(11)4-1-2-5(8(12)13)6(3-4)9(14)15/h25-30,54H,4-24,31-53H2,1-3H3;1-3H,(H,10,11)(H,12,13)(H,14,15)/b28-25-,29-26-,30-27-;. The van der Waals surface area contributed by atoms with Crippen LogP contribution in [0.25, 0.3) is 0 Å². The van der Waals surface area contributed by atoms with E-state index in [-0.39, 0.29) is 36.7 Å². The highest BCUT2D eigenvalue weighted by molar-refractivity contribution is 6.03. The summed E-state index contributed by atoms with van der Waals surface area (Å²) in [4.78, 5) is 69.8.